The third-order valence-corrected chi connectivity index (χ3v) is 14.6. The average Bonchev–Trinajstić information content (AvgIpc) is 3.73. The Labute approximate surface area is 308 Å². The van der Waals surface area contributed by atoms with E-state index in [0.29, 0.717) is 44.4 Å². The van der Waals surface area contributed by atoms with Gasteiger partial charge >= 0.3 is 0 Å². The number of ether oxygens (including phenoxy) is 8. The van der Waals surface area contributed by atoms with Crippen LogP contribution in [-0.4, -0.2) is 114 Å². The summed E-state index contributed by atoms with van der Waals surface area (Å²) in [4.78, 5) is 14.0. The lowest BCUT2D eigenvalue weighted by Crippen LogP contribution is -2.61. The van der Waals surface area contributed by atoms with E-state index in [-0.39, 0.29) is 104 Å². The maximum atomic E-state index is 14.0. The van der Waals surface area contributed by atoms with Crippen LogP contribution in [0.1, 0.15) is 104 Å². The normalized spacial score (nSPS) is 53.8. The zero-order valence-corrected chi connectivity index (χ0v) is 31.3. The molecule has 10 aliphatic rings. The SMILES string of the molecule is C=C1C[C@@H]2CC[C@@]34C[C@]5(C)O[C@H]6[C@@H](O3)C3OC(CCC3O[C@H]6C5O4)CC(=O)C[C@@H]3[C@@H](C)[C@@H](C[C@H](O)CN)O[C@H]3CC3O[C@@H](CCC1O2)C[C@@H](C)C3=C. The number of aliphatic hydroxyl groups is 1. The van der Waals surface area contributed by atoms with Gasteiger partial charge in [-0.1, -0.05) is 27.0 Å². The maximum Gasteiger partial charge on any atom is 0.172 e. The summed E-state index contributed by atoms with van der Waals surface area (Å²) in [5.41, 5.74) is 7.57. The van der Waals surface area contributed by atoms with Crippen LogP contribution in [0.2, 0.25) is 0 Å². The first-order valence-corrected chi connectivity index (χ1v) is 20.5. The van der Waals surface area contributed by atoms with E-state index in [2.05, 4.69) is 33.9 Å². The Kier molecular flexibility index (Phi) is 9.62. The van der Waals surface area contributed by atoms with Gasteiger partial charge in [-0.15, -0.1) is 0 Å². The topological polar surface area (TPSA) is 137 Å². The molecule has 1 spiro atoms. The van der Waals surface area contributed by atoms with Crippen LogP contribution in [0, 0.1) is 17.8 Å². The second kappa shape index (κ2) is 13.7. The van der Waals surface area contributed by atoms with Crippen LogP contribution in [0.3, 0.4) is 0 Å². The molecule has 11 nitrogen and oxygen atoms in total. The first-order chi connectivity index (χ1) is 24.9. The van der Waals surface area contributed by atoms with Gasteiger partial charge in [-0.05, 0) is 80.8 Å². The van der Waals surface area contributed by atoms with Crippen LogP contribution in [0.4, 0.5) is 0 Å². The van der Waals surface area contributed by atoms with Crippen molar-refractivity contribution in [3.63, 3.8) is 0 Å². The van der Waals surface area contributed by atoms with Crippen molar-refractivity contribution >= 4 is 5.78 Å². The van der Waals surface area contributed by atoms with Gasteiger partial charge in [0.1, 0.15) is 41.9 Å². The zero-order valence-electron chi connectivity index (χ0n) is 31.3. The number of hydrogen-bond donors (Lipinski definition) is 2. The van der Waals surface area contributed by atoms with Crippen molar-refractivity contribution in [2.75, 3.05) is 6.54 Å². The number of Topliss-reactive ketones (excluding diaryl/α,β-unsaturated/α-hetero) is 1. The lowest BCUT2D eigenvalue weighted by Gasteiger charge is -2.47. The number of aliphatic hydroxyl groups excluding tert-OH is 1. The maximum absolute atomic E-state index is 14.0. The summed E-state index contributed by atoms with van der Waals surface area (Å²) in [6.45, 7) is 15.6. The Balaban J connectivity index is 0.994. The van der Waals surface area contributed by atoms with Crippen molar-refractivity contribution in [1.82, 2.24) is 0 Å². The molecule has 0 aromatic carbocycles. The Morgan fingerprint density at radius 2 is 1.58 bits per heavy atom. The molecule has 0 amide bonds. The van der Waals surface area contributed by atoms with Crippen molar-refractivity contribution < 1.29 is 47.8 Å². The number of rotatable bonds is 3. The molecule has 19 atom stereocenters. The summed E-state index contributed by atoms with van der Waals surface area (Å²) in [5, 5.41) is 10.5. The molecule has 290 valence electrons. The standard InChI is InChI=1S/C41H61NO10/c1-20-12-26-6-8-30-21(2)13-28(45-30)10-11-41-19-40(5)39(52-41)38-37(50-40)36(51-41)35-31(49-38)9-7-27(47-35)14-24(43)15-29-23(4)32(16-25(44)18-42)48-34(29)17-33(46-26)22(20)3/h20,23,25-39,44H,2-3,6-19,42H2,1,4-5H3/t20-,23-,25+,26+,27?,28+,29-,30?,31?,32-,33?,34+,35?,36+,37+,38-,39?,40+,41-/m1/s1. The van der Waals surface area contributed by atoms with Crippen molar-refractivity contribution in [2.24, 2.45) is 23.5 Å². The Bertz CT molecular complexity index is 1410. The smallest absolute Gasteiger partial charge is 0.172 e. The van der Waals surface area contributed by atoms with Crippen molar-refractivity contribution in [3.8, 4) is 0 Å². The molecule has 10 heterocycles. The van der Waals surface area contributed by atoms with Gasteiger partial charge in [-0.25, -0.2) is 0 Å². The summed E-state index contributed by atoms with van der Waals surface area (Å²) < 4.78 is 54.5. The van der Waals surface area contributed by atoms with E-state index in [1.807, 2.05) is 0 Å². The fourth-order valence-electron chi connectivity index (χ4n) is 11.7. The molecule has 3 N–H and O–H groups in total. The predicted octanol–water partition coefficient (Wildman–Crippen LogP) is 4.45. The number of ketones is 1. The summed E-state index contributed by atoms with van der Waals surface area (Å²) in [7, 11) is 0. The molecular formula is C41H61NO10. The molecule has 10 fully saturated rings. The van der Waals surface area contributed by atoms with Gasteiger partial charge in [0.2, 0.25) is 0 Å². The van der Waals surface area contributed by atoms with Gasteiger partial charge in [-0.3, -0.25) is 4.79 Å². The lowest BCUT2D eigenvalue weighted by molar-refractivity contribution is -0.294. The largest absolute Gasteiger partial charge is 0.392 e. The number of carbonyl (C=O) groups is 1. The average molecular weight is 728 g/mol. The van der Waals surface area contributed by atoms with Crippen molar-refractivity contribution in [1.29, 1.82) is 0 Å². The molecule has 0 aromatic heterocycles. The minimum absolute atomic E-state index is 0.00566. The Morgan fingerprint density at radius 3 is 2.40 bits per heavy atom. The highest BCUT2D eigenvalue weighted by Crippen LogP contribution is 2.58. The molecular weight excluding hydrogens is 666 g/mol. The fourth-order valence-corrected chi connectivity index (χ4v) is 11.7. The molecule has 52 heavy (non-hydrogen) atoms. The van der Waals surface area contributed by atoms with Gasteiger partial charge < -0.3 is 48.7 Å². The summed E-state index contributed by atoms with van der Waals surface area (Å²) in [6, 6.07) is 0. The Hall–Kier alpha value is -1.25. The third-order valence-electron chi connectivity index (χ3n) is 14.6. The van der Waals surface area contributed by atoms with E-state index in [1.54, 1.807) is 0 Å². The molecule has 12 bridgehead atoms. The molecule has 10 aliphatic heterocycles. The zero-order chi connectivity index (χ0) is 36.1. The van der Waals surface area contributed by atoms with Crippen molar-refractivity contribution in [2.45, 2.75) is 201 Å². The molecule has 11 heteroatoms. The van der Waals surface area contributed by atoms with Crippen LogP contribution in [0.25, 0.3) is 0 Å². The Morgan fingerprint density at radius 1 is 0.808 bits per heavy atom. The highest BCUT2D eigenvalue weighted by atomic mass is 16.8. The first kappa shape index (κ1) is 36.4. The monoisotopic (exact) mass is 727 g/mol. The van der Waals surface area contributed by atoms with E-state index in [9.17, 15) is 9.90 Å². The number of nitrogens with two attached hydrogens (primary N) is 1. The minimum Gasteiger partial charge on any atom is -0.392 e. The molecule has 0 aromatic rings. The molecule has 6 unspecified atom stereocenters. The van der Waals surface area contributed by atoms with E-state index in [0.717, 1.165) is 56.1 Å². The van der Waals surface area contributed by atoms with Crippen LogP contribution in [-0.2, 0) is 42.7 Å². The number of carbonyl (C=O) groups excluding carboxylic acids is 1. The van der Waals surface area contributed by atoms with Crippen LogP contribution < -0.4 is 5.73 Å². The number of fused-ring (bicyclic) bond motifs is 6. The molecule has 0 aliphatic carbocycles. The van der Waals surface area contributed by atoms with Crippen LogP contribution in [0.15, 0.2) is 24.3 Å². The predicted molar refractivity (Wildman–Crippen MR) is 189 cm³/mol. The van der Waals surface area contributed by atoms with E-state index >= 15 is 0 Å². The quantitative estimate of drug-likeness (QED) is 0.399. The third kappa shape index (κ3) is 6.40. The first-order valence-electron chi connectivity index (χ1n) is 20.5. The molecule has 0 saturated carbocycles. The second-order valence-corrected chi connectivity index (χ2v) is 18.3. The highest BCUT2D eigenvalue weighted by molar-refractivity contribution is 5.79. The van der Waals surface area contributed by atoms with Crippen molar-refractivity contribution in [3.05, 3.63) is 24.3 Å². The number of hydrogen-bond acceptors (Lipinski definition) is 11. The van der Waals surface area contributed by atoms with Gasteiger partial charge in [0, 0.05) is 45.1 Å². The van der Waals surface area contributed by atoms with Crippen LogP contribution >= 0.6 is 0 Å². The summed E-state index contributed by atoms with van der Waals surface area (Å²) in [6.07, 6.45) is 6.17. The van der Waals surface area contributed by atoms with Gasteiger partial charge in [0.15, 0.2) is 5.79 Å². The molecule has 10 rings (SSSR count). The minimum atomic E-state index is -0.803. The molecule has 0 radical (unpaired) electrons. The van der Waals surface area contributed by atoms with Gasteiger partial charge in [-0.2, -0.15) is 0 Å². The second-order valence-electron chi connectivity index (χ2n) is 18.3. The lowest BCUT2D eigenvalue weighted by atomic mass is 9.78. The van der Waals surface area contributed by atoms with Gasteiger partial charge in [0.05, 0.1) is 54.9 Å². The highest BCUT2D eigenvalue weighted by Gasteiger charge is 2.73. The van der Waals surface area contributed by atoms with E-state index in [1.165, 1.54) is 0 Å². The molecule has 10 saturated heterocycles. The van der Waals surface area contributed by atoms with Gasteiger partial charge in [0.25, 0.3) is 0 Å². The van der Waals surface area contributed by atoms with E-state index < -0.39 is 17.5 Å². The summed E-state index contributed by atoms with van der Waals surface area (Å²) in [5.74, 6) is -0.272. The fraction of sp³-hybridized carbons (Fsp3) is 0.878. The van der Waals surface area contributed by atoms with E-state index in [4.69, 9.17) is 43.6 Å². The van der Waals surface area contributed by atoms with Crippen LogP contribution in [0.5, 0.6) is 0 Å². The summed E-state index contributed by atoms with van der Waals surface area (Å²) >= 11 is 0.